The van der Waals surface area contributed by atoms with E-state index in [2.05, 4.69) is 26.3 Å². The highest BCUT2D eigenvalue weighted by atomic mass is 16.5. The van der Waals surface area contributed by atoms with Gasteiger partial charge in [0, 0.05) is 57.0 Å². The molecule has 0 unspecified atom stereocenters. The molecule has 1 saturated heterocycles. The molecule has 2 aliphatic rings. The van der Waals surface area contributed by atoms with Crippen molar-refractivity contribution in [2.75, 3.05) is 27.3 Å². The Bertz CT molecular complexity index is 1450. The summed E-state index contributed by atoms with van der Waals surface area (Å²) in [4.78, 5) is 24.9. The second-order valence-corrected chi connectivity index (χ2v) is 10.0. The van der Waals surface area contributed by atoms with Gasteiger partial charge in [0.25, 0.3) is 5.91 Å². The van der Waals surface area contributed by atoms with E-state index in [-0.39, 0.29) is 18.1 Å². The fraction of sp³-hybridized carbons (Fsp3) is 0.444. The van der Waals surface area contributed by atoms with Crippen LogP contribution in [0.5, 0.6) is 5.75 Å². The lowest BCUT2D eigenvalue weighted by Gasteiger charge is -2.36. The third kappa shape index (κ3) is 3.83. The molecule has 4 heterocycles. The van der Waals surface area contributed by atoms with Crippen molar-refractivity contribution in [3.8, 4) is 17.3 Å². The average Bonchev–Trinajstić information content (AvgIpc) is 3.56. The topological polar surface area (TPSA) is 100 Å². The summed E-state index contributed by atoms with van der Waals surface area (Å²) in [6, 6.07) is 9.68. The normalized spacial score (nSPS) is 20.4. The van der Waals surface area contributed by atoms with Crippen molar-refractivity contribution in [2.45, 2.75) is 38.0 Å². The van der Waals surface area contributed by atoms with Crippen LogP contribution in [-0.4, -0.2) is 69.4 Å². The number of piperidine rings is 1. The quantitative estimate of drug-likeness (QED) is 0.447. The number of rotatable bonds is 6. The van der Waals surface area contributed by atoms with E-state index >= 15 is 0 Å². The third-order valence-electron chi connectivity index (χ3n) is 7.61. The average molecular weight is 489 g/mol. The minimum absolute atomic E-state index is 0.0266. The van der Waals surface area contributed by atoms with Crippen molar-refractivity contribution in [3.05, 3.63) is 42.1 Å². The van der Waals surface area contributed by atoms with Gasteiger partial charge >= 0.3 is 0 Å². The molecule has 188 valence electrons. The highest BCUT2D eigenvalue weighted by molar-refractivity contribution is 6.00. The Balaban J connectivity index is 1.42. The second kappa shape index (κ2) is 8.90. The van der Waals surface area contributed by atoms with Crippen LogP contribution in [0.4, 0.5) is 0 Å². The van der Waals surface area contributed by atoms with Crippen molar-refractivity contribution in [1.29, 1.82) is 0 Å². The van der Waals surface area contributed by atoms with Gasteiger partial charge in [-0.05, 0) is 55.5 Å². The maximum absolute atomic E-state index is 13.4. The van der Waals surface area contributed by atoms with E-state index in [1.54, 1.807) is 19.1 Å². The van der Waals surface area contributed by atoms with Crippen molar-refractivity contribution < 1.29 is 14.3 Å². The van der Waals surface area contributed by atoms with Crippen LogP contribution < -0.4 is 10.5 Å². The molecule has 6 rings (SSSR count). The third-order valence-corrected chi connectivity index (χ3v) is 7.61. The summed E-state index contributed by atoms with van der Waals surface area (Å²) in [5.41, 5.74) is 10.4. The van der Waals surface area contributed by atoms with E-state index < -0.39 is 0 Å². The summed E-state index contributed by atoms with van der Waals surface area (Å²) in [6.45, 7) is 1.99. The molecule has 2 N–H and O–H groups in total. The van der Waals surface area contributed by atoms with Crippen LogP contribution >= 0.6 is 0 Å². The molecular weight excluding hydrogens is 456 g/mol. The summed E-state index contributed by atoms with van der Waals surface area (Å²) >= 11 is 0. The van der Waals surface area contributed by atoms with Crippen LogP contribution in [0.15, 0.2) is 36.5 Å². The first-order valence-corrected chi connectivity index (χ1v) is 12.5. The Kier molecular flexibility index (Phi) is 5.69. The van der Waals surface area contributed by atoms with E-state index in [1.165, 1.54) is 12.8 Å². The Morgan fingerprint density at radius 1 is 1.19 bits per heavy atom. The molecule has 1 aliphatic carbocycles. The molecular formula is C27H32N6O3. The Morgan fingerprint density at radius 3 is 2.75 bits per heavy atom. The number of hydrogen-bond donors (Lipinski definition) is 1. The van der Waals surface area contributed by atoms with Gasteiger partial charge in [0.1, 0.15) is 16.9 Å². The van der Waals surface area contributed by atoms with Gasteiger partial charge in [-0.15, -0.1) is 0 Å². The van der Waals surface area contributed by atoms with Gasteiger partial charge in [-0.25, -0.2) is 9.97 Å². The minimum atomic E-state index is -0.207. The van der Waals surface area contributed by atoms with Crippen molar-refractivity contribution >= 4 is 28.0 Å². The number of fused-ring (bicyclic) bond motifs is 2. The van der Waals surface area contributed by atoms with Gasteiger partial charge in [0.2, 0.25) is 0 Å². The first-order chi connectivity index (χ1) is 17.5. The lowest BCUT2D eigenvalue weighted by atomic mass is 10.0. The zero-order chi connectivity index (χ0) is 25.0. The summed E-state index contributed by atoms with van der Waals surface area (Å²) in [5, 5.41) is 1.10. The molecule has 1 saturated carbocycles. The number of aryl methyl sites for hydroxylation is 1. The number of carbonyl (C=O) groups is 1. The smallest absolute Gasteiger partial charge is 0.254 e. The number of benzene rings is 1. The number of ether oxygens (including phenoxy) is 2. The number of nitrogens with two attached hydrogens (primary N) is 1. The van der Waals surface area contributed by atoms with Crippen LogP contribution in [0.25, 0.3) is 33.6 Å². The highest BCUT2D eigenvalue weighted by Crippen LogP contribution is 2.37. The number of nitrogens with zero attached hydrogens (tertiary/aromatic N) is 5. The second-order valence-electron chi connectivity index (χ2n) is 10.0. The largest absolute Gasteiger partial charge is 0.494 e. The number of amides is 1. The number of aromatic nitrogens is 4. The maximum atomic E-state index is 13.4. The maximum Gasteiger partial charge on any atom is 0.254 e. The van der Waals surface area contributed by atoms with Gasteiger partial charge in [0.05, 0.1) is 24.4 Å². The van der Waals surface area contributed by atoms with E-state index in [1.807, 2.05) is 31.4 Å². The van der Waals surface area contributed by atoms with Gasteiger partial charge < -0.3 is 29.2 Å². The van der Waals surface area contributed by atoms with Gasteiger partial charge in [0.15, 0.2) is 5.82 Å². The number of imidazole rings is 1. The molecule has 1 aromatic carbocycles. The zero-order valence-corrected chi connectivity index (χ0v) is 21.0. The van der Waals surface area contributed by atoms with Crippen molar-refractivity contribution in [1.82, 2.24) is 24.0 Å². The van der Waals surface area contributed by atoms with Crippen LogP contribution in [0, 0.1) is 5.92 Å². The number of carbonyl (C=O) groups excluding carboxylic acids is 1. The summed E-state index contributed by atoms with van der Waals surface area (Å²) in [5.74, 6) is 2.06. The van der Waals surface area contributed by atoms with Gasteiger partial charge in [-0.3, -0.25) is 4.79 Å². The fourth-order valence-corrected chi connectivity index (χ4v) is 5.45. The fourth-order valence-electron chi connectivity index (χ4n) is 5.45. The first kappa shape index (κ1) is 23.0. The molecule has 36 heavy (non-hydrogen) atoms. The Hall–Kier alpha value is -3.43. The molecule has 2 fully saturated rings. The van der Waals surface area contributed by atoms with Crippen molar-refractivity contribution in [3.63, 3.8) is 0 Å². The molecule has 0 spiro atoms. The van der Waals surface area contributed by atoms with E-state index in [9.17, 15) is 4.79 Å². The summed E-state index contributed by atoms with van der Waals surface area (Å²) < 4.78 is 15.5. The van der Waals surface area contributed by atoms with E-state index in [4.69, 9.17) is 20.2 Å². The first-order valence-electron chi connectivity index (χ1n) is 12.5. The lowest BCUT2D eigenvalue weighted by molar-refractivity contribution is 0.0227. The molecule has 0 radical (unpaired) electrons. The van der Waals surface area contributed by atoms with Crippen LogP contribution in [0.2, 0.25) is 0 Å². The monoisotopic (exact) mass is 488 g/mol. The van der Waals surface area contributed by atoms with Crippen LogP contribution in [0.1, 0.15) is 29.6 Å². The Labute approximate surface area is 209 Å². The summed E-state index contributed by atoms with van der Waals surface area (Å²) in [7, 11) is 5.29. The SMILES string of the molecule is COc1cc(C(=O)N2CC[C@H](OC)[C@H](N)C2)cc2nc(-c3cc4cccnc4n3CC3CC3)n(C)c12. The molecule has 1 amide bonds. The molecule has 9 nitrogen and oxygen atoms in total. The van der Waals surface area contributed by atoms with E-state index in [0.29, 0.717) is 30.3 Å². The molecule has 4 aromatic rings. The predicted molar refractivity (Wildman–Crippen MR) is 138 cm³/mol. The lowest BCUT2D eigenvalue weighted by Crippen LogP contribution is -2.53. The molecule has 9 heteroatoms. The zero-order valence-electron chi connectivity index (χ0n) is 21.0. The van der Waals surface area contributed by atoms with Crippen LogP contribution in [0.3, 0.4) is 0 Å². The highest BCUT2D eigenvalue weighted by Gasteiger charge is 2.31. The number of pyridine rings is 1. The summed E-state index contributed by atoms with van der Waals surface area (Å²) in [6.07, 6.45) is 5.03. The molecule has 0 bridgehead atoms. The van der Waals surface area contributed by atoms with Gasteiger partial charge in [-0.2, -0.15) is 0 Å². The van der Waals surface area contributed by atoms with Gasteiger partial charge in [-0.1, -0.05) is 0 Å². The number of methoxy groups -OCH3 is 2. The molecule has 3 aromatic heterocycles. The van der Waals surface area contributed by atoms with E-state index in [0.717, 1.165) is 46.6 Å². The molecule has 1 aliphatic heterocycles. The predicted octanol–water partition coefficient (Wildman–Crippen LogP) is 3.20. The van der Waals surface area contributed by atoms with Crippen LogP contribution in [-0.2, 0) is 18.3 Å². The number of hydrogen-bond acceptors (Lipinski definition) is 6. The molecule has 2 atom stereocenters. The number of likely N-dealkylation sites (tertiary alicyclic amines) is 1. The van der Waals surface area contributed by atoms with Crippen molar-refractivity contribution in [2.24, 2.45) is 18.7 Å². The standard InChI is InChI=1S/C27H32N6O3/c1-31-24-20(11-18(13-23(24)36-3)27(34)32-10-8-22(35-2)19(28)15-32)30-26(31)21-12-17-5-4-9-29-25(17)33(21)14-16-6-7-16/h4-5,9,11-13,16,19,22H,6-8,10,14-15,28H2,1-3H3/t19-,22+/m1/s1. The minimum Gasteiger partial charge on any atom is -0.494 e. The Morgan fingerprint density at radius 2 is 2.03 bits per heavy atom.